The van der Waals surface area contributed by atoms with Gasteiger partial charge in [0.1, 0.15) is 17.6 Å². The Bertz CT molecular complexity index is 977. The molecule has 0 aliphatic carbocycles. The summed E-state index contributed by atoms with van der Waals surface area (Å²) in [5.41, 5.74) is 2.41. The number of ether oxygens (including phenoxy) is 3. The molecule has 2 aliphatic rings. The minimum absolute atomic E-state index is 0.308. The maximum atomic E-state index is 12.3. The first kappa shape index (κ1) is 18.1. The van der Waals surface area contributed by atoms with Crippen LogP contribution in [0.5, 0.6) is 11.5 Å². The molecule has 2 aromatic rings. The van der Waals surface area contributed by atoms with E-state index in [-0.39, 0.29) is 11.7 Å². The number of amides is 1. The number of benzene rings is 2. The van der Waals surface area contributed by atoms with Crippen molar-refractivity contribution < 1.29 is 32.2 Å². The van der Waals surface area contributed by atoms with Gasteiger partial charge in [-0.3, -0.25) is 4.79 Å². The van der Waals surface area contributed by atoms with Crippen LogP contribution in [0.25, 0.3) is 11.1 Å². The number of carbonyl (C=O) groups excluding carboxylic acids is 1. The van der Waals surface area contributed by atoms with E-state index >= 15 is 0 Å². The summed E-state index contributed by atoms with van der Waals surface area (Å²) in [6, 6.07) is 8.98. The molecule has 1 saturated heterocycles. The topological polar surface area (TPSA) is 83.9 Å². The Kier molecular flexibility index (Phi) is 4.35. The third-order valence-corrected chi connectivity index (χ3v) is 4.37. The van der Waals surface area contributed by atoms with Crippen LogP contribution in [0.15, 0.2) is 30.3 Å². The van der Waals surface area contributed by atoms with Crippen molar-refractivity contribution in [3.63, 3.8) is 0 Å². The second kappa shape index (κ2) is 6.73. The zero-order chi connectivity index (χ0) is 19.9. The molecule has 1 atom stereocenters. The molecule has 2 heterocycles. The number of nitrogens with zero attached hydrogens (tertiary/aromatic N) is 1. The summed E-state index contributed by atoms with van der Waals surface area (Å²) < 4.78 is 51.5. The van der Waals surface area contributed by atoms with Gasteiger partial charge in [0.25, 0.3) is 5.91 Å². The number of fused-ring (bicyclic) bond motifs is 1. The average Bonchev–Trinajstić information content (AvgIpc) is 3.38. The van der Waals surface area contributed by atoms with Gasteiger partial charge in [-0.25, -0.2) is 0 Å². The Labute approximate surface area is 157 Å². The zero-order valence-electron chi connectivity index (χ0n) is 14.3. The second-order valence-electron chi connectivity index (χ2n) is 6.25. The predicted octanol–water partition coefficient (Wildman–Crippen LogP) is 3.40. The molecule has 0 spiro atoms. The van der Waals surface area contributed by atoms with Gasteiger partial charge < -0.3 is 19.5 Å². The van der Waals surface area contributed by atoms with Gasteiger partial charge in [0.05, 0.1) is 24.5 Å². The molecule has 0 aromatic heterocycles. The Morgan fingerprint density at radius 1 is 1.29 bits per heavy atom. The standard InChI is InChI=1S/C19H13F3N2O4/c20-19(21,22)28-11-3-1-10(2-4-11)13-7-15(24-18(25)16-9-27-16)14(8-23)12-5-6-26-17(12)13/h1-4,7,16H,5-6,9H2,(H,24,25)/t16-/m1/s1. The maximum Gasteiger partial charge on any atom is 0.573 e. The fourth-order valence-corrected chi connectivity index (χ4v) is 3.07. The van der Waals surface area contributed by atoms with Crippen LogP contribution < -0.4 is 14.8 Å². The molecule has 0 saturated carbocycles. The van der Waals surface area contributed by atoms with Crippen LogP contribution in [0.2, 0.25) is 0 Å². The lowest BCUT2D eigenvalue weighted by molar-refractivity contribution is -0.274. The van der Waals surface area contributed by atoms with Crippen molar-refractivity contribution in [2.75, 3.05) is 18.5 Å². The highest BCUT2D eigenvalue weighted by atomic mass is 19.4. The molecule has 28 heavy (non-hydrogen) atoms. The minimum atomic E-state index is -4.78. The Balaban J connectivity index is 1.73. The highest BCUT2D eigenvalue weighted by Gasteiger charge is 2.33. The second-order valence-corrected chi connectivity index (χ2v) is 6.25. The summed E-state index contributed by atoms with van der Waals surface area (Å²) in [6.07, 6.45) is -4.81. The molecule has 1 amide bonds. The number of epoxide rings is 1. The van der Waals surface area contributed by atoms with Gasteiger partial charge in [-0.15, -0.1) is 13.2 Å². The van der Waals surface area contributed by atoms with Crippen LogP contribution in [0, 0.1) is 11.3 Å². The first-order chi connectivity index (χ1) is 13.4. The van der Waals surface area contributed by atoms with Gasteiger partial charge in [0, 0.05) is 17.5 Å². The number of hydrogen-bond donors (Lipinski definition) is 1. The van der Waals surface area contributed by atoms with Crippen LogP contribution in [0.1, 0.15) is 11.1 Å². The third-order valence-electron chi connectivity index (χ3n) is 4.37. The van der Waals surface area contributed by atoms with Crippen LogP contribution in [-0.4, -0.2) is 31.6 Å². The summed E-state index contributed by atoms with van der Waals surface area (Å²) in [5, 5.41) is 12.2. The predicted molar refractivity (Wildman–Crippen MR) is 90.8 cm³/mol. The van der Waals surface area contributed by atoms with E-state index in [4.69, 9.17) is 9.47 Å². The molecule has 2 aromatic carbocycles. The van der Waals surface area contributed by atoms with E-state index in [9.17, 15) is 23.2 Å². The number of carbonyl (C=O) groups is 1. The van der Waals surface area contributed by atoms with Crippen molar-refractivity contribution in [1.82, 2.24) is 0 Å². The van der Waals surface area contributed by atoms with Gasteiger partial charge in [-0.05, 0) is 23.8 Å². The summed E-state index contributed by atoms with van der Waals surface area (Å²) in [4.78, 5) is 12.1. The molecule has 1 fully saturated rings. The van der Waals surface area contributed by atoms with E-state index in [0.29, 0.717) is 53.3 Å². The Morgan fingerprint density at radius 2 is 2.00 bits per heavy atom. The quantitative estimate of drug-likeness (QED) is 0.809. The number of hydrogen-bond acceptors (Lipinski definition) is 5. The Hall–Kier alpha value is -3.25. The smallest absolute Gasteiger partial charge is 0.492 e. The van der Waals surface area contributed by atoms with E-state index in [1.807, 2.05) is 0 Å². The van der Waals surface area contributed by atoms with Crippen molar-refractivity contribution in [2.24, 2.45) is 0 Å². The van der Waals surface area contributed by atoms with Crippen molar-refractivity contribution in [3.8, 4) is 28.7 Å². The molecule has 0 radical (unpaired) electrons. The SMILES string of the molecule is N#Cc1c(NC(=O)[C@H]2CO2)cc(-c2ccc(OC(F)(F)F)cc2)c2c1CCO2. The monoisotopic (exact) mass is 390 g/mol. The van der Waals surface area contributed by atoms with E-state index in [2.05, 4.69) is 16.1 Å². The summed E-state index contributed by atoms with van der Waals surface area (Å²) in [7, 11) is 0. The van der Waals surface area contributed by atoms with E-state index in [1.165, 1.54) is 24.3 Å². The van der Waals surface area contributed by atoms with Crippen molar-refractivity contribution in [3.05, 3.63) is 41.5 Å². The van der Waals surface area contributed by atoms with Crippen LogP contribution in [0.4, 0.5) is 18.9 Å². The zero-order valence-corrected chi connectivity index (χ0v) is 14.3. The number of nitrogens with one attached hydrogen (secondary N) is 1. The van der Waals surface area contributed by atoms with Gasteiger partial charge in [0.2, 0.25) is 0 Å². The lowest BCUT2D eigenvalue weighted by Crippen LogP contribution is -2.19. The fourth-order valence-electron chi connectivity index (χ4n) is 3.07. The molecule has 0 unspecified atom stereocenters. The highest BCUT2D eigenvalue weighted by molar-refractivity contribution is 5.98. The molecule has 144 valence electrons. The fraction of sp³-hybridized carbons (Fsp3) is 0.263. The van der Waals surface area contributed by atoms with Crippen molar-refractivity contribution in [1.29, 1.82) is 5.26 Å². The normalized spacial score (nSPS) is 17.3. The molecular weight excluding hydrogens is 377 g/mol. The molecule has 4 rings (SSSR count). The van der Waals surface area contributed by atoms with Gasteiger partial charge in [-0.2, -0.15) is 5.26 Å². The number of alkyl halides is 3. The van der Waals surface area contributed by atoms with Gasteiger partial charge in [0.15, 0.2) is 6.10 Å². The summed E-state index contributed by atoms with van der Waals surface area (Å²) in [5.74, 6) is -0.209. The van der Waals surface area contributed by atoms with Crippen LogP contribution >= 0.6 is 0 Å². The molecule has 1 N–H and O–H groups in total. The van der Waals surface area contributed by atoms with E-state index in [0.717, 1.165) is 0 Å². The number of nitriles is 1. The first-order valence-corrected chi connectivity index (χ1v) is 8.37. The van der Waals surface area contributed by atoms with E-state index in [1.54, 1.807) is 6.07 Å². The number of halogens is 3. The van der Waals surface area contributed by atoms with Crippen molar-refractivity contribution >= 4 is 11.6 Å². The molecule has 6 nitrogen and oxygen atoms in total. The summed E-state index contributed by atoms with van der Waals surface area (Å²) >= 11 is 0. The van der Waals surface area contributed by atoms with Crippen molar-refractivity contribution in [2.45, 2.75) is 18.9 Å². The lowest BCUT2D eigenvalue weighted by Gasteiger charge is -2.15. The van der Waals surface area contributed by atoms with Crippen LogP contribution in [0.3, 0.4) is 0 Å². The molecule has 2 aliphatic heterocycles. The lowest BCUT2D eigenvalue weighted by atomic mass is 9.95. The maximum absolute atomic E-state index is 12.3. The summed E-state index contributed by atoms with van der Waals surface area (Å²) in [6.45, 7) is 0.699. The molecule has 9 heteroatoms. The largest absolute Gasteiger partial charge is 0.573 e. The highest BCUT2D eigenvalue weighted by Crippen LogP contribution is 2.43. The third kappa shape index (κ3) is 3.59. The van der Waals surface area contributed by atoms with Crippen LogP contribution in [-0.2, 0) is 16.0 Å². The van der Waals surface area contributed by atoms with E-state index < -0.39 is 12.5 Å². The molecule has 0 bridgehead atoms. The molecular formula is C19H13F3N2O4. The minimum Gasteiger partial charge on any atom is -0.492 e. The Morgan fingerprint density at radius 3 is 2.61 bits per heavy atom. The number of anilines is 1. The van der Waals surface area contributed by atoms with Gasteiger partial charge >= 0.3 is 6.36 Å². The van der Waals surface area contributed by atoms with Gasteiger partial charge in [-0.1, -0.05) is 12.1 Å². The first-order valence-electron chi connectivity index (χ1n) is 8.37. The number of rotatable bonds is 4. The average molecular weight is 390 g/mol.